The van der Waals surface area contributed by atoms with Gasteiger partial charge in [0, 0.05) is 18.3 Å². The molecule has 0 bridgehead atoms. The highest BCUT2D eigenvalue weighted by Gasteiger charge is 2.14. The van der Waals surface area contributed by atoms with Gasteiger partial charge < -0.3 is 10.5 Å². The van der Waals surface area contributed by atoms with Gasteiger partial charge in [0.15, 0.2) is 0 Å². The maximum Gasteiger partial charge on any atom is 0.323 e. The zero-order valence-electron chi connectivity index (χ0n) is 7.74. The monoisotopic (exact) mass is 214 g/mol. The summed E-state index contributed by atoms with van der Waals surface area (Å²) in [5.41, 5.74) is 6.27. The van der Waals surface area contributed by atoms with Gasteiger partial charge in [0.05, 0.1) is 12.1 Å². The highest BCUT2D eigenvalue weighted by atomic mass is 35.5. The van der Waals surface area contributed by atoms with Gasteiger partial charge >= 0.3 is 5.97 Å². The molecule has 76 valence electrons. The van der Waals surface area contributed by atoms with Gasteiger partial charge in [0.1, 0.15) is 6.04 Å². The first-order valence-electron chi connectivity index (χ1n) is 4.07. The molecule has 1 atom stereocenters. The van der Waals surface area contributed by atoms with Crippen LogP contribution < -0.4 is 5.73 Å². The number of esters is 1. The Morgan fingerprint density at radius 3 is 2.93 bits per heavy atom. The molecule has 2 N–H and O–H groups in total. The number of nitrogens with zero attached hydrogens (tertiary/aromatic N) is 1. The van der Waals surface area contributed by atoms with Crippen molar-refractivity contribution >= 4 is 17.6 Å². The molecular weight excluding hydrogens is 204 g/mol. The quantitative estimate of drug-likeness (QED) is 0.756. The van der Waals surface area contributed by atoms with Crippen LogP contribution in [0.25, 0.3) is 0 Å². The van der Waals surface area contributed by atoms with Crippen molar-refractivity contribution < 1.29 is 9.53 Å². The van der Waals surface area contributed by atoms with Crippen molar-refractivity contribution in [1.29, 1.82) is 0 Å². The van der Waals surface area contributed by atoms with Crippen LogP contribution in [0.3, 0.4) is 0 Å². The van der Waals surface area contributed by atoms with Crippen molar-refractivity contribution in [2.75, 3.05) is 7.11 Å². The lowest BCUT2D eigenvalue weighted by Crippen LogP contribution is -2.33. The van der Waals surface area contributed by atoms with Crippen LogP contribution >= 0.6 is 11.6 Å². The van der Waals surface area contributed by atoms with Crippen LogP contribution in [0.1, 0.15) is 5.69 Å². The Kier molecular flexibility index (Phi) is 3.85. The fourth-order valence-corrected chi connectivity index (χ4v) is 1.10. The SMILES string of the molecule is COC(=O)[C@@H](N)Cc1ccc(Cl)cn1. The van der Waals surface area contributed by atoms with Gasteiger partial charge in [-0.15, -0.1) is 0 Å². The van der Waals surface area contributed by atoms with Gasteiger partial charge in [0.25, 0.3) is 0 Å². The Morgan fingerprint density at radius 1 is 1.71 bits per heavy atom. The number of aromatic nitrogens is 1. The van der Waals surface area contributed by atoms with Gasteiger partial charge in [-0.3, -0.25) is 9.78 Å². The second kappa shape index (κ2) is 4.93. The van der Waals surface area contributed by atoms with Crippen molar-refractivity contribution in [1.82, 2.24) is 4.98 Å². The molecule has 0 spiro atoms. The zero-order valence-corrected chi connectivity index (χ0v) is 8.49. The molecule has 0 aliphatic carbocycles. The molecule has 5 heteroatoms. The van der Waals surface area contributed by atoms with E-state index in [1.807, 2.05) is 0 Å². The van der Waals surface area contributed by atoms with Crippen molar-refractivity contribution in [2.45, 2.75) is 12.5 Å². The summed E-state index contributed by atoms with van der Waals surface area (Å²) < 4.78 is 4.49. The van der Waals surface area contributed by atoms with Gasteiger partial charge in [0.2, 0.25) is 0 Å². The van der Waals surface area contributed by atoms with Crippen LogP contribution in [-0.2, 0) is 16.0 Å². The summed E-state index contributed by atoms with van der Waals surface area (Å²) in [6.45, 7) is 0. The normalized spacial score (nSPS) is 12.2. The Morgan fingerprint density at radius 2 is 2.43 bits per heavy atom. The summed E-state index contributed by atoms with van der Waals surface area (Å²) in [5.74, 6) is -0.443. The van der Waals surface area contributed by atoms with Gasteiger partial charge in [-0.2, -0.15) is 0 Å². The van der Waals surface area contributed by atoms with E-state index in [0.29, 0.717) is 17.1 Å². The molecule has 0 radical (unpaired) electrons. The fraction of sp³-hybridized carbons (Fsp3) is 0.333. The predicted octanol–water partition coefficient (Wildman–Crippen LogP) is 0.778. The maximum atomic E-state index is 11.0. The minimum atomic E-state index is -0.673. The number of carbonyl (C=O) groups is 1. The van der Waals surface area contributed by atoms with Crippen LogP contribution in [0.15, 0.2) is 18.3 Å². The molecule has 0 aromatic carbocycles. The Balaban J connectivity index is 2.60. The average molecular weight is 215 g/mol. The van der Waals surface area contributed by atoms with E-state index in [-0.39, 0.29) is 0 Å². The number of ether oxygens (including phenoxy) is 1. The fourth-order valence-electron chi connectivity index (χ4n) is 0.987. The first-order valence-corrected chi connectivity index (χ1v) is 4.45. The van der Waals surface area contributed by atoms with E-state index >= 15 is 0 Å². The van der Waals surface area contributed by atoms with E-state index in [4.69, 9.17) is 17.3 Å². The number of hydrogen-bond acceptors (Lipinski definition) is 4. The second-order valence-corrected chi connectivity index (χ2v) is 3.24. The third-order valence-electron chi connectivity index (χ3n) is 1.72. The number of halogens is 1. The van der Waals surface area contributed by atoms with E-state index in [9.17, 15) is 4.79 Å². The van der Waals surface area contributed by atoms with Crippen molar-refractivity contribution in [3.63, 3.8) is 0 Å². The number of pyridine rings is 1. The molecule has 0 saturated carbocycles. The molecular formula is C9H11ClN2O2. The Labute approximate surface area is 87.0 Å². The molecule has 0 aliphatic rings. The maximum absolute atomic E-state index is 11.0. The summed E-state index contributed by atoms with van der Waals surface area (Å²) in [6, 6.07) is 2.76. The minimum absolute atomic E-state index is 0.351. The number of rotatable bonds is 3. The van der Waals surface area contributed by atoms with Gasteiger partial charge in [-0.25, -0.2) is 0 Å². The van der Waals surface area contributed by atoms with Gasteiger partial charge in [-0.1, -0.05) is 11.6 Å². The molecule has 0 aliphatic heterocycles. The van der Waals surface area contributed by atoms with Crippen LogP contribution in [0, 0.1) is 0 Å². The summed E-state index contributed by atoms with van der Waals surface area (Å²) in [5, 5.41) is 0.556. The van der Waals surface area contributed by atoms with Crippen LogP contribution in [0.2, 0.25) is 5.02 Å². The highest BCUT2D eigenvalue weighted by Crippen LogP contribution is 2.07. The van der Waals surface area contributed by atoms with Crippen molar-refractivity contribution in [3.05, 3.63) is 29.0 Å². The number of methoxy groups -OCH3 is 1. The molecule has 0 unspecified atom stereocenters. The number of nitrogens with two attached hydrogens (primary N) is 1. The Bertz CT molecular complexity index is 313. The molecule has 1 aromatic rings. The van der Waals surface area contributed by atoms with Crippen LogP contribution in [-0.4, -0.2) is 24.1 Å². The van der Waals surface area contributed by atoms with E-state index in [1.165, 1.54) is 13.3 Å². The van der Waals surface area contributed by atoms with E-state index < -0.39 is 12.0 Å². The number of hydrogen-bond donors (Lipinski definition) is 1. The summed E-state index contributed by atoms with van der Waals surface area (Å²) in [4.78, 5) is 15.0. The third-order valence-corrected chi connectivity index (χ3v) is 1.95. The second-order valence-electron chi connectivity index (χ2n) is 2.80. The minimum Gasteiger partial charge on any atom is -0.468 e. The van der Waals surface area contributed by atoms with Gasteiger partial charge in [-0.05, 0) is 12.1 Å². The van der Waals surface area contributed by atoms with Crippen LogP contribution in [0.4, 0.5) is 0 Å². The molecule has 0 amide bonds. The molecule has 0 fully saturated rings. The molecule has 4 nitrogen and oxygen atoms in total. The predicted molar refractivity (Wildman–Crippen MR) is 52.9 cm³/mol. The lowest BCUT2D eigenvalue weighted by Gasteiger charge is -2.07. The average Bonchev–Trinajstić information content (AvgIpc) is 2.20. The Hall–Kier alpha value is -1.13. The summed E-state index contributed by atoms with van der Waals surface area (Å²) in [6.07, 6.45) is 1.87. The highest BCUT2D eigenvalue weighted by molar-refractivity contribution is 6.30. The number of carbonyl (C=O) groups excluding carboxylic acids is 1. The molecule has 14 heavy (non-hydrogen) atoms. The van der Waals surface area contributed by atoms with Crippen molar-refractivity contribution in [3.8, 4) is 0 Å². The largest absolute Gasteiger partial charge is 0.468 e. The smallest absolute Gasteiger partial charge is 0.323 e. The molecule has 0 saturated heterocycles. The van der Waals surface area contributed by atoms with Crippen LogP contribution in [0.5, 0.6) is 0 Å². The zero-order chi connectivity index (χ0) is 10.6. The van der Waals surface area contributed by atoms with E-state index in [2.05, 4.69) is 9.72 Å². The third kappa shape index (κ3) is 2.97. The first kappa shape index (κ1) is 10.9. The summed E-state index contributed by atoms with van der Waals surface area (Å²) in [7, 11) is 1.30. The molecule has 1 rings (SSSR count). The van der Waals surface area contributed by atoms with Crippen molar-refractivity contribution in [2.24, 2.45) is 5.73 Å². The molecule has 1 aromatic heterocycles. The lowest BCUT2D eigenvalue weighted by molar-refractivity contribution is -0.142. The summed E-state index contributed by atoms with van der Waals surface area (Å²) >= 11 is 5.65. The molecule has 1 heterocycles. The lowest BCUT2D eigenvalue weighted by atomic mass is 10.1. The first-order chi connectivity index (χ1) is 6.63. The van der Waals surface area contributed by atoms with E-state index in [1.54, 1.807) is 12.1 Å². The standard InChI is InChI=1S/C9H11ClN2O2/c1-14-9(13)8(11)4-7-3-2-6(10)5-12-7/h2-3,5,8H,4,11H2,1H3/t8-/m0/s1. The topological polar surface area (TPSA) is 65.2 Å². The van der Waals surface area contributed by atoms with E-state index in [0.717, 1.165) is 0 Å².